The minimum Gasteiger partial charge on any atom is -0.287 e. The maximum Gasteiger partial charge on any atom is 0.307 e. The number of alkyl halides is 2. The van der Waals surface area contributed by atoms with Crippen LogP contribution in [0, 0.1) is 6.92 Å². The molecule has 0 aliphatic rings. The Morgan fingerprint density at radius 2 is 2.00 bits per heavy atom. The lowest BCUT2D eigenvalue weighted by molar-refractivity contribution is 0.0221. The standard InChI is InChI=1S/C10H9ClF2O/c1-6-7(4-3-5-8(6)11)9(14)10(2,12)13/h3-5H,1-2H3. The van der Waals surface area contributed by atoms with Gasteiger partial charge in [-0.05, 0) is 18.6 Å². The van der Waals surface area contributed by atoms with E-state index in [4.69, 9.17) is 11.6 Å². The number of ketones is 1. The summed E-state index contributed by atoms with van der Waals surface area (Å²) in [5.41, 5.74) is 0.366. The summed E-state index contributed by atoms with van der Waals surface area (Å²) < 4.78 is 25.4. The summed E-state index contributed by atoms with van der Waals surface area (Å²) in [5, 5.41) is 0.320. The van der Waals surface area contributed by atoms with Crippen LogP contribution in [0.2, 0.25) is 5.02 Å². The van der Waals surface area contributed by atoms with Gasteiger partial charge in [-0.2, -0.15) is 8.78 Å². The Hall–Kier alpha value is -0.960. The van der Waals surface area contributed by atoms with Crippen LogP contribution in [-0.2, 0) is 0 Å². The van der Waals surface area contributed by atoms with Crippen molar-refractivity contribution in [3.8, 4) is 0 Å². The van der Waals surface area contributed by atoms with E-state index in [-0.39, 0.29) is 5.56 Å². The highest BCUT2D eigenvalue weighted by atomic mass is 35.5. The molecule has 1 nitrogen and oxygen atoms in total. The summed E-state index contributed by atoms with van der Waals surface area (Å²) in [6.07, 6.45) is 0. The Kier molecular flexibility index (Phi) is 2.90. The SMILES string of the molecule is Cc1c(Cl)cccc1C(=O)C(C)(F)F. The smallest absolute Gasteiger partial charge is 0.287 e. The summed E-state index contributed by atoms with van der Waals surface area (Å²) in [5.74, 6) is -4.55. The molecule has 0 fully saturated rings. The van der Waals surface area contributed by atoms with Crippen LogP contribution >= 0.6 is 11.6 Å². The van der Waals surface area contributed by atoms with Gasteiger partial charge in [0.25, 0.3) is 0 Å². The zero-order valence-corrected chi connectivity index (χ0v) is 8.53. The number of carbonyl (C=O) groups is 1. The normalized spacial score (nSPS) is 11.5. The van der Waals surface area contributed by atoms with Gasteiger partial charge in [-0.1, -0.05) is 23.7 Å². The molecule has 0 amide bonds. The van der Waals surface area contributed by atoms with Crippen molar-refractivity contribution in [1.29, 1.82) is 0 Å². The molecule has 4 heteroatoms. The van der Waals surface area contributed by atoms with Crippen LogP contribution in [0.3, 0.4) is 0 Å². The van der Waals surface area contributed by atoms with Crippen LogP contribution in [0.5, 0.6) is 0 Å². The summed E-state index contributed by atoms with van der Waals surface area (Å²) >= 11 is 5.71. The molecule has 0 aliphatic heterocycles. The monoisotopic (exact) mass is 218 g/mol. The Bertz CT molecular complexity index is 369. The first-order valence-electron chi connectivity index (χ1n) is 4.02. The van der Waals surface area contributed by atoms with Crippen molar-refractivity contribution in [2.24, 2.45) is 0 Å². The second-order valence-corrected chi connectivity index (χ2v) is 3.54. The van der Waals surface area contributed by atoms with Crippen LogP contribution in [0.1, 0.15) is 22.8 Å². The zero-order chi connectivity index (χ0) is 10.9. The third-order valence-electron chi connectivity index (χ3n) is 1.91. The minimum absolute atomic E-state index is 0.0231. The van der Waals surface area contributed by atoms with E-state index in [1.165, 1.54) is 12.1 Å². The number of hydrogen-bond acceptors (Lipinski definition) is 1. The summed E-state index contributed by atoms with van der Waals surface area (Å²) in [4.78, 5) is 11.2. The van der Waals surface area contributed by atoms with E-state index in [0.29, 0.717) is 17.5 Å². The summed E-state index contributed by atoms with van der Waals surface area (Å²) in [6, 6.07) is 4.39. The van der Waals surface area contributed by atoms with Crippen molar-refractivity contribution in [3.05, 3.63) is 34.3 Å². The van der Waals surface area contributed by atoms with Crippen LogP contribution in [0.15, 0.2) is 18.2 Å². The van der Waals surface area contributed by atoms with Crippen molar-refractivity contribution in [2.75, 3.05) is 0 Å². The van der Waals surface area contributed by atoms with Gasteiger partial charge >= 0.3 is 5.92 Å². The van der Waals surface area contributed by atoms with Crippen LogP contribution < -0.4 is 0 Å². The number of rotatable bonds is 2. The number of carbonyl (C=O) groups excluding carboxylic acids is 1. The lowest BCUT2D eigenvalue weighted by atomic mass is 10.0. The Morgan fingerprint density at radius 3 is 2.50 bits per heavy atom. The van der Waals surface area contributed by atoms with Gasteiger partial charge in [-0.15, -0.1) is 0 Å². The largest absolute Gasteiger partial charge is 0.307 e. The fourth-order valence-corrected chi connectivity index (χ4v) is 1.26. The molecule has 0 spiro atoms. The quantitative estimate of drug-likeness (QED) is 0.695. The topological polar surface area (TPSA) is 17.1 Å². The van der Waals surface area contributed by atoms with Gasteiger partial charge in [-0.3, -0.25) is 4.79 Å². The fraction of sp³-hybridized carbons (Fsp3) is 0.300. The maximum absolute atomic E-state index is 12.7. The summed E-state index contributed by atoms with van der Waals surface area (Å²) in [7, 11) is 0. The van der Waals surface area contributed by atoms with E-state index in [1.54, 1.807) is 13.0 Å². The third-order valence-corrected chi connectivity index (χ3v) is 2.32. The Labute approximate surface area is 85.7 Å². The molecule has 0 radical (unpaired) electrons. The zero-order valence-electron chi connectivity index (χ0n) is 7.77. The molecule has 1 aromatic rings. The molecule has 0 unspecified atom stereocenters. The van der Waals surface area contributed by atoms with Crippen LogP contribution in [0.4, 0.5) is 8.78 Å². The molecule has 0 saturated heterocycles. The highest BCUT2D eigenvalue weighted by molar-refractivity contribution is 6.31. The lowest BCUT2D eigenvalue weighted by Crippen LogP contribution is -2.25. The molecule has 0 atom stereocenters. The first kappa shape index (κ1) is 11.1. The lowest BCUT2D eigenvalue weighted by Gasteiger charge is -2.11. The number of halogens is 3. The molecule has 76 valence electrons. The van der Waals surface area contributed by atoms with E-state index < -0.39 is 11.7 Å². The predicted octanol–water partition coefficient (Wildman–Crippen LogP) is 3.49. The maximum atomic E-state index is 12.7. The van der Waals surface area contributed by atoms with Gasteiger partial charge in [0.05, 0.1) is 0 Å². The number of Topliss-reactive ketones (excluding diaryl/α,β-unsaturated/α-hetero) is 1. The van der Waals surface area contributed by atoms with E-state index in [0.717, 1.165) is 0 Å². The van der Waals surface area contributed by atoms with Gasteiger partial charge in [0.2, 0.25) is 5.78 Å². The van der Waals surface area contributed by atoms with Crippen molar-refractivity contribution >= 4 is 17.4 Å². The summed E-state index contributed by atoms with van der Waals surface area (Å²) in [6.45, 7) is 2.12. The molecule has 1 rings (SSSR count). The molecule has 1 aromatic carbocycles. The van der Waals surface area contributed by atoms with Gasteiger partial charge < -0.3 is 0 Å². The fourth-order valence-electron chi connectivity index (χ4n) is 1.09. The number of benzene rings is 1. The van der Waals surface area contributed by atoms with Crippen molar-refractivity contribution in [1.82, 2.24) is 0 Å². The van der Waals surface area contributed by atoms with E-state index >= 15 is 0 Å². The molecule has 0 saturated carbocycles. The Balaban J connectivity index is 3.21. The van der Waals surface area contributed by atoms with Crippen LogP contribution in [-0.4, -0.2) is 11.7 Å². The highest BCUT2D eigenvalue weighted by Crippen LogP contribution is 2.25. The van der Waals surface area contributed by atoms with Crippen molar-refractivity contribution in [3.63, 3.8) is 0 Å². The predicted molar refractivity (Wildman–Crippen MR) is 51.1 cm³/mol. The average Bonchev–Trinajstić information content (AvgIpc) is 2.07. The molecular weight excluding hydrogens is 210 g/mol. The second kappa shape index (κ2) is 3.65. The van der Waals surface area contributed by atoms with E-state index in [2.05, 4.69) is 0 Å². The van der Waals surface area contributed by atoms with Gasteiger partial charge in [0.15, 0.2) is 0 Å². The molecule has 0 heterocycles. The first-order chi connectivity index (χ1) is 6.34. The van der Waals surface area contributed by atoms with Crippen LogP contribution in [0.25, 0.3) is 0 Å². The number of hydrogen-bond donors (Lipinski definition) is 0. The van der Waals surface area contributed by atoms with E-state index in [1.807, 2.05) is 0 Å². The Morgan fingerprint density at radius 1 is 1.43 bits per heavy atom. The highest BCUT2D eigenvalue weighted by Gasteiger charge is 2.34. The second-order valence-electron chi connectivity index (χ2n) is 3.13. The first-order valence-corrected chi connectivity index (χ1v) is 4.39. The average molecular weight is 219 g/mol. The van der Waals surface area contributed by atoms with Crippen molar-refractivity contribution < 1.29 is 13.6 Å². The van der Waals surface area contributed by atoms with Crippen molar-refractivity contribution in [2.45, 2.75) is 19.8 Å². The molecular formula is C10H9ClF2O. The third kappa shape index (κ3) is 2.10. The van der Waals surface area contributed by atoms with Gasteiger partial charge in [0.1, 0.15) is 0 Å². The molecule has 0 N–H and O–H groups in total. The molecule has 0 aliphatic carbocycles. The van der Waals surface area contributed by atoms with Gasteiger partial charge in [0, 0.05) is 17.5 Å². The molecule has 0 aromatic heterocycles. The van der Waals surface area contributed by atoms with E-state index in [9.17, 15) is 13.6 Å². The molecule has 14 heavy (non-hydrogen) atoms. The molecule has 0 bridgehead atoms. The van der Waals surface area contributed by atoms with Gasteiger partial charge in [-0.25, -0.2) is 0 Å². The minimum atomic E-state index is -3.35.